The minimum Gasteiger partial charge on any atom is -0.437 e. The Labute approximate surface area is 210 Å². The molecule has 0 unspecified atom stereocenters. The van der Waals surface area contributed by atoms with Crippen LogP contribution in [-0.2, 0) is 4.79 Å². The van der Waals surface area contributed by atoms with Gasteiger partial charge in [0.2, 0.25) is 5.88 Å². The zero-order chi connectivity index (χ0) is 25.1. The number of ether oxygens (including phenoxy) is 1. The van der Waals surface area contributed by atoms with Crippen LogP contribution in [0.1, 0.15) is 16.7 Å². The van der Waals surface area contributed by atoms with Crippen LogP contribution in [0.25, 0.3) is 11.7 Å². The number of pyridine rings is 1. The molecule has 2 heterocycles. The van der Waals surface area contributed by atoms with Gasteiger partial charge in [0.25, 0.3) is 11.5 Å². The van der Waals surface area contributed by atoms with Crippen LogP contribution in [-0.4, -0.2) is 15.3 Å². The highest BCUT2D eigenvalue weighted by Gasteiger charge is 2.19. The van der Waals surface area contributed by atoms with Gasteiger partial charge >= 0.3 is 0 Å². The molecule has 35 heavy (non-hydrogen) atoms. The van der Waals surface area contributed by atoms with Gasteiger partial charge in [-0.05, 0) is 67.4 Å². The van der Waals surface area contributed by atoms with E-state index < -0.39 is 11.5 Å². The molecule has 0 saturated heterocycles. The smallest absolute Gasteiger partial charge is 0.269 e. The number of carbonyl (C=O) groups is 1. The zero-order valence-corrected chi connectivity index (χ0v) is 20.2. The molecule has 0 radical (unpaired) electrons. The predicted octanol–water partition coefficient (Wildman–Crippen LogP) is 5.96. The molecule has 0 saturated carbocycles. The first-order valence-corrected chi connectivity index (χ1v) is 11.2. The average molecular weight is 505 g/mol. The molecule has 2 aromatic heterocycles. The van der Waals surface area contributed by atoms with Crippen LogP contribution in [0.2, 0.25) is 10.0 Å². The molecule has 4 rings (SSSR count). The number of fused-ring (bicyclic) bond motifs is 1. The molecule has 0 aliphatic carbocycles. The van der Waals surface area contributed by atoms with E-state index in [4.69, 9.17) is 27.9 Å². The summed E-state index contributed by atoms with van der Waals surface area (Å²) in [6.07, 6.45) is 2.69. The van der Waals surface area contributed by atoms with E-state index in [0.717, 1.165) is 17.2 Å². The summed E-state index contributed by atoms with van der Waals surface area (Å²) in [5.41, 5.74) is 1.74. The fourth-order valence-corrected chi connectivity index (χ4v) is 3.75. The minimum atomic E-state index is -0.672. The largest absolute Gasteiger partial charge is 0.437 e. The summed E-state index contributed by atoms with van der Waals surface area (Å²) >= 11 is 12.2. The highest BCUT2D eigenvalue weighted by Crippen LogP contribution is 2.32. The molecule has 0 aliphatic rings. The second-order valence-corrected chi connectivity index (χ2v) is 8.53. The van der Waals surface area contributed by atoms with Crippen LogP contribution in [0, 0.1) is 25.2 Å². The monoisotopic (exact) mass is 504 g/mol. The Morgan fingerprint density at radius 1 is 1.14 bits per heavy atom. The van der Waals surface area contributed by atoms with Gasteiger partial charge in [-0.2, -0.15) is 10.2 Å². The fraction of sp³-hybridized carbons (Fsp3) is 0.0769. The van der Waals surface area contributed by atoms with Crippen molar-refractivity contribution in [3.05, 3.63) is 103 Å². The molecule has 1 N–H and O–H groups in total. The van der Waals surface area contributed by atoms with E-state index >= 15 is 0 Å². The lowest BCUT2D eigenvalue weighted by Crippen LogP contribution is -2.20. The molecule has 0 spiro atoms. The summed E-state index contributed by atoms with van der Waals surface area (Å²) in [7, 11) is 0. The van der Waals surface area contributed by atoms with E-state index in [2.05, 4.69) is 10.3 Å². The molecule has 174 valence electrons. The number of nitrogens with one attached hydrogen (secondary N) is 1. The Hall–Kier alpha value is -4.12. The highest BCUT2D eigenvalue weighted by molar-refractivity contribution is 6.35. The van der Waals surface area contributed by atoms with Crippen molar-refractivity contribution in [1.82, 2.24) is 9.38 Å². The van der Waals surface area contributed by atoms with E-state index in [9.17, 15) is 14.9 Å². The molecule has 4 aromatic rings. The van der Waals surface area contributed by atoms with Crippen molar-refractivity contribution in [2.24, 2.45) is 0 Å². The van der Waals surface area contributed by atoms with E-state index in [-0.39, 0.29) is 27.8 Å². The predicted molar refractivity (Wildman–Crippen MR) is 136 cm³/mol. The molecule has 0 atom stereocenters. The topological polar surface area (TPSA) is 96.5 Å². The van der Waals surface area contributed by atoms with Crippen LogP contribution < -0.4 is 15.6 Å². The zero-order valence-electron chi connectivity index (χ0n) is 18.7. The molecule has 1 amide bonds. The van der Waals surface area contributed by atoms with E-state index in [1.54, 1.807) is 30.3 Å². The third-order valence-corrected chi connectivity index (χ3v) is 5.66. The molecular formula is C26H18Cl2N4O3. The number of benzene rings is 2. The first-order chi connectivity index (χ1) is 16.8. The third kappa shape index (κ3) is 5.19. The second-order valence-electron chi connectivity index (χ2n) is 7.68. The van der Waals surface area contributed by atoms with E-state index in [1.807, 2.05) is 32.0 Å². The van der Waals surface area contributed by atoms with Gasteiger partial charge in [0.15, 0.2) is 0 Å². The first-order valence-electron chi connectivity index (χ1n) is 10.4. The van der Waals surface area contributed by atoms with E-state index in [0.29, 0.717) is 16.4 Å². The van der Waals surface area contributed by atoms with Gasteiger partial charge in [0.05, 0.1) is 5.02 Å². The van der Waals surface area contributed by atoms with Gasteiger partial charge < -0.3 is 10.1 Å². The molecule has 0 aliphatic heterocycles. The molecule has 7 nitrogen and oxygen atoms in total. The number of amides is 1. The lowest BCUT2D eigenvalue weighted by Gasteiger charge is -2.12. The number of anilines is 1. The lowest BCUT2D eigenvalue weighted by molar-refractivity contribution is -0.112. The number of nitrogens with zero attached hydrogens (tertiary/aromatic N) is 3. The van der Waals surface area contributed by atoms with Crippen LogP contribution in [0.15, 0.2) is 71.2 Å². The Morgan fingerprint density at radius 2 is 1.94 bits per heavy atom. The van der Waals surface area contributed by atoms with Crippen molar-refractivity contribution < 1.29 is 9.53 Å². The Bertz CT molecular complexity index is 1600. The molecule has 2 aromatic carbocycles. The Morgan fingerprint density at radius 3 is 2.69 bits per heavy atom. The lowest BCUT2D eigenvalue weighted by atomic mass is 10.1. The number of halogens is 2. The maximum absolute atomic E-state index is 13.3. The number of hydrogen-bond donors (Lipinski definition) is 1. The quantitative estimate of drug-likeness (QED) is 0.267. The standard InChI is InChI=1S/C26H18Cl2N4O3/c1-15-6-7-16(2)21(11-15)30-24(33)17(14-29)12-19-25(35-22-9-8-18(27)13-20(22)28)31-23-5-3-4-10-32(23)26(19)34/h3-13H,1-2H3,(H,30,33)/b17-12-. The fourth-order valence-electron chi connectivity index (χ4n) is 3.30. The molecule has 0 fully saturated rings. The van der Waals surface area contributed by atoms with Crippen molar-refractivity contribution in [2.75, 3.05) is 5.32 Å². The normalized spacial score (nSPS) is 11.2. The number of hydrogen-bond acceptors (Lipinski definition) is 5. The van der Waals surface area contributed by atoms with Crippen molar-refractivity contribution in [3.8, 4) is 17.7 Å². The molecule has 0 bridgehead atoms. The van der Waals surface area contributed by atoms with Gasteiger partial charge in [-0.1, -0.05) is 41.4 Å². The van der Waals surface area contributed by atoms with Crippen LogP contribution in [0.4, 0.5) is 5.69 Å². The number of rotatable bonds is 5. The SMILES string of the molecule is Cc1ccc(C)c(NC(=O)/C(C#N)=C\c2c(Oc3ccc(Cl)cc3Cl)nc3ccccn3c2=O)c1. The van der Waals surface area contributed by atoms with Crippen LogP contribution in [0.5, 0.6) is 11.6 Å². The van der Waals surface area contributed by atoms with Gasteiger partial charge in [-0.3, -0.25) is 14.0 Å². The van der Waals surface area contributed by atoms with Gasteiger partial charge in [0, 0.05) is 16.9 Å². The van der Waals surface area contributed by atoms with E-state index in [1.165, 1.54) is 22.7 Å². The van der Waals surface area contributed by atoms with Crippen molar-refractivity contribution in [2.45, 2.75) is 13.8 Å². The highest BCUT2D eigenvalue weighted by atomic mass is 35.5. The summed E-state index contributed by atoms with van der Waals surface area (Å²) in [5, 5.41) is 13.1. The van der Waals surface area contributed by atoms with Gasteiger partial charge in [-0.15, -0.1) is 0 Å². The van der Waals surface area contributed by atoms with Crippen molar-refractivity contribution in [3.63, 3.8) is 0 Å². The third-order valence-electron chi connectivity index (χ3n) is 5.13. The second kappa shape index (κ2) is 10.0. The Kier molecular flexibility index (Phi) is 6.87. The maximum atomic E-state index is 13.3. The van der Waals surface area contributed by atoms with Crippen LogP contribution in [0.3, 0.4) is 0 Å². The number of nitriles is 1. The van der Waals surface area contributed by atoms with Crippen molar-refractivity contribution in [1.29, 1.82) is 5.26 Å². The summed E-state index contributed by atoms with van der Waals surface area (Å²) in [4.78, 5) is 30.7. The maximum Gasteiger partial charge on any atom is 0.269 e. The number of aromatic nitrogens is 2. The summed E-state index contributed by atoms with van der Waals surface area (Å²) in [6.45, 7) is 3.73. The molecular weight excluding hydrogens is 487 g/mol. The average Bonchev–Trinajstić information content (AvgIpc) is 2.83. The number of carbonyl (C=O) groups excluding carboxylic acids is 1. The first kappa shape index (κ1) is 24.0. The molecule has 9 heteroatoms. The minimum absolute atomic E-state index is 0.0904. The Balaban J connectivity index is 1.82. The van der Waals surface area contributed by atoms with Gasteiger partial charge in [0.1, 0.15) is 28.6 Å². The summed E-state index contributed by atoms with van der Waals surface area (Å²) in [5.74, 6) is -0.580. The summed E-state index contributed by atoms with van der Waals surface area (Å²) < 4.78 is 7.15. The van der Waals surface area contributed by atoms with Crippen LogP contribution >= 0.6 is 23.2 Å². The van der Waals surface area contributed by atoms with Crippen molar-refractivity contribution >= 4 is 46.5 Å². The van der Waals surface area contributed by atoms with Gasteiger partial charge in [-0.25, -0.2) is 0 Å². The summed E-state index contributed by atoms with van der Waals surface area (Å²) in [6, 6.07) is 17.0. The number of aryl methyl sites for hydroxylation is 2.